The van der Waals surface area contributed by atoms with Crippen molar-refractivity contribution in [2.75, 3.05) is 0 Å². The Morgan fingerprint density at radius 3 is 2.72 bits per heavy atom. The summed E-state index contributed by atoms with van der Waals surface area (Å²) in [5, 5.41) is 5.00. The number of hydrogen-bond acceptors (Lipinski definition) is 3. The zero-order chi connectivity index (χ0) is 13.0. The van der Waals surface area contributed by atoms with Crippen LogP contribution >= 0.6 is 11.6 Å². The highest BCUT2D eigenvalue weighted by atomic mass is 35.5. The van der Waals surface area contributed by atoms with Gasteiger partial charge in [0.15, 0.2) is 0 Å². The number of nitrogens with zero attached hydrogens (tertiary/aromatic N) is 1. The molecule has 4 heteroatoms. The van der Waals surface area contributed by atoms with Crippen LogP contribution in [0.15, 0.2) is 45.9 Å². The number of hydrogen-bond donors (Lipinski definition) is 1. The van der Waals surface area contributed by atoms with Gasteiger partial charge in [0, 0.05) is 5.02 Å². The zero-order valence-electron chi connectivity index (χ0n) is 10.4. The Morgan fingerprint density at radius 1 is 1.28 bits per heavy atom. The summed E-state index contributed by atoms with van der Waals surface area (Å²) in [7, 11) is 0. The van der Waals surface area contributed by atoms with Crippen LogP contribution < -0.4 is 5.43 Å². The monoisotopic (exact) mass is 262 g/mol. The molecule has 3 nitrogen and oxygen atoms in total. The van der Waals surface area contributed by atoms with E-state index in [1.165, 1.54) is 0 Å². The fourth-order valence-electron chi connectivity index (χ4n) is 1.57. The summed E-state index contributed by atoms with van der Waals surface area (Å²) in [6, 6.07) is 11.5. The Labute approximate surface area is 111 Å². The van der Waals surface area contributed by atoms with Crippen LogP contribution in [0, 0.1) is 6.92 Å². The van der Waals surface area contributed by atoms with Gasteiger partial charge in [0.2, 0.25) is 0 Å². The van der Waals surface area contributed by atoms with Crippen molar-refractivity contribution in [1.29, 1.82) is 0 Å². The molecule has 0 aliphatic rings. The number of aryl methyl sites for hydroxylation is 1. The molecule has 1 aromatic carbocycles. The van der Waals surface area contributed by atoms with Crippen molar-refractivity contribution in [2.24, 2.45) is 5.10 Å². The van der Waals surface area contributed by atoms with E-state index in [4.69, 9.17) is 16.0 Å². The van der Waals surface area contributed by atoms with Gasteiger partial charge in [-0.25, -0.2) is 0 Å². The maximum absolute atomic E-state index is 6.05. The van der Waals surface area contributed by atoms with Gasteiger partial charge in [-0.3, -0.25) is 0 Å². The molecule has 0 aliphatic carbocycles. The number of nitrogens with one attached hydrogen (secondary N) is 1. The van der Waals surface area contributed by atoms with E-state index in [0.717, 1.165) is 27.8 Å². The van der Waals surface area contributed by atoms with Gasteiger partial charge in [0.25, 0.3) is 0 Å². The molecule has 1 N–H and O–H groups in total. The smallest absolute Gasteiger partial charge is 0.149 e. The fourth-order valence-corrected chi connectivity index (χ4v) is 1.77. The lowest BCUT2D eigenvalue weighted by atomic mass is 10.2. The van der Waals surface area contributed by atoms with E-state index in [2.05, 4.69) is 10.5 Å². The topological polar surface area (TPSA) is 37.5 Å². The minimum atomic E-state index is 0.594. The number of benzene rings is 1. The summed E-state index contributed by atoms with van der Waals surface area (Å²) in [5.74, 6) is 1.66. The minimum absolute atomic E-state index is 0.594. The number of rotatable bonds is 4. The van der Waals surface area contributed by atoms with E-state index < -0.39 is 0 Å². The minimum Gasteiger partial charge on any atom is -0.460 e. The Bertz CT molecular complexity index is 560. The molecule has 0 unspecified atom stereocenters. The summed E-state index contributed by atoms with van der Waals surface area (Å²) < 4.78 is 5.47. The van der Waals surface area contributed by atoms with Gasteiger partial charge in [-0.1, -0.05) is 29.8 Å². The Morgan fingerprint density at radius 2 is 2.06 bits per heavy atom. The predicted octanol–water partition coefficient (Wildman–Crippen LogP) is 3.76. The SMILES string of the molecule is C/C(=N/NCc1ccccc1Cl)c1ccc(C)o1. The highest BCUT2D eigenvalue weighted by molar-refractivity contribution is 6.31. The second-order valence-electron chi connectivity index (χ2n) is 4.03. The largest absolute Gasteiger partial charge is 0.460 e. The summed E-state index contributed by atoms with van der Waals surface area (Å²) in [4.78, 5) is 0. The van der Waals surface area contributed by atoms with Gasteiger partial charge in [0.05, 0.1) is 12.3 Å². The molecule has 94 valence electrons. The van der Waals surface area contributed by atoms with Crippen molar-refractivity contribution >= 4 is 17.3 Å². The fraction of sp³-hybridized carbons (Fsp3) is 0.214. The molecule has 0 spiro atoms. The Balaban J connectivity index is 1.97. The van der Waals surface area contributed by atoms with Gasteiger partial charge >= 0.3 is 0 Å². The molecule has 0 amide bonds. The molecule has 2 aromatic rings. The second-order valence-corrected chi connectivity index (χ2v) is 4.44. The van der Waals surface area contributed by atoms with Crippen LogP contribution in [0.1, 0.15) is 24.0 Å². The lowest BCUT2D eigenvalue weighted by Crippen LogP contribution is -2.09. The van der Waals surface area contributed by atoms with Crippen molar-refractivity contribution in [2.45, 2.75) is 20.4 Å². The zero-order valence-corrected chi connectivity index (χ0v) is 11.2. The average Bonchev–Trinajstić information content (AvgIpc) is 2.78. The number of hydrazone groups is 1. The van der Waals surface area contributed by atoms with Gasteiger partial charge in [-0.05, 0) is 37.6 Å². The normalized spacial score (nSPS) is 11.6. The number of furan rings is 1. The molecular weight excluding hydrogens is 248 g/mol. The van der Waals surface area contributed by atoms with E-state index in [0.29, 0.717) is 6.54 Å². The third-order valence-corrected chi connectivity index (χ3v) is 2.94. The van der Waals surface area contributed by atoms with Crippen LogP contribution in [-0.4, -0.2) is 5.71 Å². The maximum Gasteiger partial charge on any atom is 0.149 e. The van der Waals surface area contributed by atoms with Gasteiger partial charge in [-0.2, -0.15) is 5.10 Å². The first kappa shape index (κ1) is 12.7. The van der Waals surface area contributed by atoms with Crippen LogP contribution in [0.4, 0.5) is 0 Å². The van der Waals surface area contributed by atoms with E-state index in [9.17, 15) is 0 Å². The van der Waals surface area contributed by atoms with E-state index in [1.807, 2.05) is 50.2 Å². The molecular formula is C14H15ClN2O. The molecule has 0 saturated carbocycles. The molecule has 1 heterocycles. The molecule has 0 bridgehead atoms. The molecule has 0 atom stereocenters. The average molecular weight is 263 g/mol. The molecule has 0 radical (unpaired) electrons. The van der Waals surface area contributed by atoms with E-state index in [1.54, 1.807) is 0 Å². The van der Waals surface area contributed by atoms with Crippen LogP contribution in [0.25, 0.3) is 0 Å². The van der Waals surface area contributed by atoms with Crippen molar-refractivity contribution in [3.8, 4) is 0 Å². The lowest BCUT2D eigenvalue weighted by Gasteiger charge is -2.04. The molecule has 0 fully saturated rings. The molecule has 1 aromatic heterocycles. The predicted molar refractivity (Wildman–Crippen MR) is 73.9 cm³/mol. The Hall–Kier alpha value is -1.74. The molecule has 0 saturated heterocycles. The van der Waals surface area contributed by atoms with Crippen molar-refractivity contribution in [3.05, 3.63) is 58.5 Å². The van der Waals surface area contributed by atoms with Crippen LogP contribution in [0.3, 0.4) is 0 Å². The number of halogens is 1. The quantitative estimate of drug-likeness (QED) is 0.673. The summed E-state index contributed by atoms with van der Waals surface area (Å²) in [6.07, 6.45) is 0. The molecule has 18 heavy (non-hydrogen) atoms. The summed E-state index contributed by atoms with van der Waals surface area (Å²) >= 11 is 6.05. The van der Waals surface area contributed by atoms with Crippen molar-refractivity contribution in [3.63, 3.8) is 0 Å². The summed E-state index contributed by atoms with van der Waals surface area (Å²) in [5.41, 5.74) is 4.83. The van der Waals surface area contributed by atoms with Gasteiger partial charge in [-0.15, -0.1) is 0 Å². The summed E-state index contributed by atoms with van der Waals surface area (Å²) in [6.45, 7) is 4.41. The van der Waals surface area contributed by atoms with Crippen LogP contribution in [0.5, 0.6) is 0 Å². The van der Waals surface area contributed by atoms with E-state index in [-0.39, 0.29) is 0 Å². The van der Waals surface area contributed by atoms with Crippen molar-refractivity contribution in [1.82, 2.24) is 5.43 Å². The lowest BCUT2D eigenvalue weighted by molar-refractivity contribution is 0.524. The standard InChI is InChI=1S/C14H15ClN2O/c1-10-7-8-14(18-10)11(2)17-16-9-12-5-3-4-6-13(12)15/h3-8,16H,9H2,1-2H3/b17-11-. The first-order valence-corrected chi connectivity index (χ1v) is 6.12. The third kappa shape index (κ3) is 3.14. The first-order valence-electron chi connectivity index (χ1n) is 5.74. The molecule has 2 rings (SSSR count). The maximum atomic E-state index is 6.05. The van der Waals surface area contributed by atoms with Gasteiger partial charge < -0.3 is 9.84 Å². The highest BCUT2D eigenvalue weighted by Gasteiger charge is 2.02. The third-order valence-electron chi connectivity index (χ3n) is 2.57. The van der Waals surface area contributed by atoms with Crippen LogP contribution in [0.2, 0.25) is 5.02 Å². The van der Waals surface area contributed by atoms with Crippen LogP contribution in [-0.2, 0) is 6.54 Å². The highest BCUT2D eigenvalue weighted by Crippen LogP contribution is 2.14. The Kier molecular flexibility index (Phi) is 4.05. The van der Waals surface area contributed by atoms with E-state index >= 15 is 0 Å². The second kappa shape index (κ2) is 5.74. The first-order chi connectivity index (χ1) is 8.66. The molecule has 0 aliphatic heterocycles. The van der Waals surface area contributed by atoms with Gasteiger partial charge in [0.1, 0.15) is 11.5 Å². The van der Waals surface area contributed by atoms with Crippen molar-refractivity contribution < 1.29 is 4.42 Å².